The number of rotatable bonds is 5. The molecule has 124 valence electrons. The Kier molecular flexibility index (Phi) is 6.14. The van der Waals surface area contributed by atoms with Crippen LogP contribution in [0.2, 0.25) is 0 Å². The van der Waals surface area contributed by atoms with E-state index in [-0.39, 0.29) is 6.04 Å². The zero-order valence-corrected chi connectivity index (χ0v) is 14.7. The third-order valence-corrected chi connectivity index (χ3v) is 6.54. The zero-order valence-electron chi connectivity index (χ0n) is 14.7. The van der Waals surface area contributed by atoms with Crippen molar-refractivity contribution in [3.63, 3.8) is 0 Å². The van der Waals surface area contributed by atoms with Crippen LogP contribution >= 0.6 is 0 Å². The highest BCUT2D eigenvalue weighted by molar-refractivity contribution is 4.90. The molecule has 0 aromatic carbocycles. The molecule has 21 heavy (non-hydrogen) atoms. The van der Waals surface area contributed by atoms with Crippen LogP contribution in [0.5, 0.6) is 0 Å². The molecule has 2 nitrogen and oxygen atoms in total. The summed E-state index contributed by atoms with van der Waals surface area (Å²) in [7, 11) is 0. The maximum atomic E-state index is 6.52. The van der Waals surface area contributed by atoms with Crippen molar-refractivity contribution in [2.75, 3.05) is 0 Å². The van der Waals surface area contributed by atoms with Gasteiger partial charge in [0.15, 0.2) is 0 Å². The van der Waals surface area contributed by atoms with E-state index in [0.717, 1.165) is 18.3 Å². The number of hydrogen-bond donors (Lipinski definition) is 1. The normalized spacial score (nSPS) is 38.4. The third-order valence-electron chi connectivity index (χ3n) is 6.54. The van der Waals surface area contributed by atoms with Gasteiger partial charge in [-0.25, -0.2) is 0 Å². The van der Waals surface area contributed by atoms with Crippen molar-refractivity contribution < 1.29 is 4.74 Å². The van der Waals surface area contributed by atoms with Gasteiger partial charge in [0.05, 0.1) is 12.2 Å². The van der Waals surface area contributed by atoms with Crippen LogP contribution in [0, 0.1) is 17.3 Å². The second-order valence-corrected chi connectivity index (χ2v) is 8.25. The summed E-state index contributed by atoms with van der Waals surface area (Å²) in [6.45, 7) is 9.47. The van der Waals surface area contributed by atoms with Crippen molar-refractivity contribution in [3.8, 4) is 0 Å². The third kappa shape index (κ3) is 4.45. The molecule has 0 aromatic heterocycles. The van der Waals surface area contributed by atoms with Gasteiger partial charge in [0, 0.05) is 6.04 Å². The van der Waals surface area contributed by atoms with Gasteiger partial charge in [0.2, 0.25) is 0 Å². The van der Waals surface area contributed by atoms with Crippen LogP contribution in [0.15, 0.2) is 0 Å². The summed E-state index contributed by atoms with van der Waals surface area (Å²) in [6, 6.07) is 0.260. The molecule has 2 rings (SSSR count). The van der Waals surface area contributed by atoms with Gasteiger partial charge in [-0.1, -0.05) is 53.4 Å². The molecule has 2 aliphatic rings. The van der Waals surface area contributed by atoms with Crippen LogP contribution < -0.4 is 5.73 Å². The lowest BCUT2D eigenvalue weighted by Crippen LogP contribution is -2.46. The Morgan fingerprint density at radius 2 is 1.81 bits per heavy atom. The smallest absolute Gasteiger partial charge is 0.0732 e. The summed E-state index contributed by atoms with van der Waals surface area (Å²) >= 11 is 0. The summed E-state index contributed by atoms with van der Waals surface area (Å²) in [5, 5.41) is 0. The summed E-state index contributed by atoms with van der Waals surface area (Å²) in [6.07, 6.45) is 12.2. The highest BCUT2D eigenvalue weighted by Crippen LogP contribution is 2.42. The molecule has 2 heteroatoms. The summed E-state index contributed by atoms with van der Waals surface area (Å²) < 4.78 is 6.52. The lowest BCUT2D eigenvalue weighted by atomic mass is 9.68. The van der Waals surface area contributed by atoms with E-state index in [0.29, 0.717) is 17.6 Å². The van der Waals surface area contributed by atoms with Crippen molar-refractivity contribution in [3.05, 3.63) is 0 Å². The van der Waals surface area contributed by atoms with Gasteiger partial charge in [-0.05, 0) is 49.4 Å². The van der Waals surface area contributed by atoms with Crippen LogP contribution in [-0.4, -0.2) is 18.2 Å². The molecule has 0 heterocycles. The van der Waals surface area contributed by atoms with Crippen LogP contribution in [-0.2, 0) is 4.74 Å². The maximum Gasteiger partial charge on any atom is 0.0732 e. The fourth-order valence-corrected chi connectivity index (χ4v) is 4.29. The zero-order chi connectivity index (χ0) is 15.5. The number of ether oxygens (including phenoxy) is 1. The average molecular weight is 296 g/mol. The standard InChI is InChI=1S/C19H37NO/c1-5-14-8-7-9-16(12-14)21-18-13-15(10-11-17(18)20)19(3,4)6-2/h14-18H,5-13,20H2,1-4H3. The molecule has 0 aromatic rings. The van der Waals surface area contributed by atoms with Crippen LogP contribution in [0.3, 0.4) is 0 Å². The first-order valence-corrected chi connectivity index (χ1v) is 9.37. The van der Waals surface area contributed by atoms with E-state index in [9.17, 15) is 0 Å². The van der Waals surface area contributed by atoms with E-state index < -0.39 is 0 Å². The van der Waals surface area contributed by atoms with Gasteiger partial charge in [0.1, 0.15) is 0 Å². The Morgan fingerprint density at radius 1 is 1.05 bits per heavy atom. The molecular weight excluding hydrogens is 258 g/mol. The fourth-order valence-electron chi connectivity index (χ4n) is 4.29. The molecule has 0 saturated heterocycles. The van der Waals surface area contributed by atoms with Crippen molar-refractivity contribution in [1.82, 2.24) is 0 Å². The SMILES string of the molecule is CCC1CCCC(OC2CC(C(C)(C)CC)CCC2N)C1. The van der Waals surface area contributed by atoms with E-state index in [1.54, 1.807) is 0 Å². The van der Waals surface area contributed by atoms with Gasteiger partial charge in [-0.2, -0.15) is 0 Å². The van der Waals surface area contributed by atoms with Gasteiger partial charge < -0.3 is 10.5 Å². The maximum absolute atomic E-state index is 6.52. The lowest BCUT2D eigenvalue weighted by Gasteiger charge is -2.43. The second kappa shape index (κ2) is 7.46. The average Bonchev–Trinajstić information content (AvgIpc) is 2.49. The van der Waals surface area contributed by atoms with Crippen molar-refractivity contribution in [2.45, 2.75) is 104 Å². The summed E-state index contributed by atoms with van der Waals surface area (Å²) in [4.78, 5) is 0. The molecule has 0 aliphatic heterocycles. The Labute approximate surface area is 132 Å². The van der Waals surface area contributed by atoms with Crippen LogP contribution in [0.25, 0.3) is 0 Å². The Bertz CT molecular complexity index is 315. The topological polar surface area (TPSA) is 35.2 Å². The van der Waals surface area contributed by atoms with Gasteiger partial charge in [0.25, 0.3) is 0 Å². The first kappa shape index (κ1) is 17.3. The minimum absolute atomic E-state index is 0.260. The predicted octanol–water partition coefficient (Wildman–Crippen LogP) is 4.90. The number of hydrogen-bond acceptors (Lipinski definition) is 2. The minimum atomic E-state index is 0.260. The first-order chi connectivity index (χ1) is 9.96. The Balaban J connectivity index is 1.91. The van der Waals surface area contributed by atoms with E-state index in [1.165, 1.54) is 51.4 Å². The summed E-state index contributed by atoms with van der Waals surface area (Å²) in [5.74, 6) is 1.66. The molecule has 5 unspecified atom stereocenters. The van der Waals surface area contributed by atoms with E-state index >= 15 is 0 Å². The van der Waals surface area contributed by atoms with E-state index in [4.69, 9.17) is 10.5 Å². The minimum Gasteiger partial charge on any atom is -0.373 e. The Hall–Kier alpha value is -0.0800. The number of nitrogens with two attached hydrogens (primary N) is 1. The van der Waals surface area contributed by atoms with Crippen LogP contribution in [0.4, 0.5) is 0 Å². The Morgan fingerprint density at radius 3 is 2.48 bits per heavy atom. The molecule has 2 saturated carbocycles. The molecule has 2 N–H and O–H groups in total. The van der Waals surface area contributed by atoms with Crippen molar-refractivity contribution in [1.29, 1.82) is 0 Å². The van der Waals surface area contributed by atoms with Crippen molar-refractivity contribution in [2.24, 2.45) is 23.0 Å². The molecular formula is C19H37NO. The van der Waals surface area contributed by atoms with Crippen LogP contribution in [0.1, 0.15) is 85.5 Å². The second-order valence-electron chi connectivity index (χ2n) is 8.25. The molecule has 2 fully saturated rings. The van der Waals surface area contributed by atoms with E-state index in [2.05, 4.69) is 27.7 Å². The molecule has 0 radical (unpaired) electrons. The fraction of sp³-hybridized carbons (Fsp3) is 1.00. The van der Waals surface area contributed by atoms with Gasteiger partial charge in [-0.15, -0.1) is 0 Å². The van der Waals surface area contributed by atoms with Gasteiger partial charge in [-0.3, -0.25) is 0 Å². The molecule has 0 spiro atoms. The lowest BCUT2D eigenvalue weighted by molar-refractivity contribution is -0.0822. The highest BCUT2D eigenvalue weighted by Gasteiger charge is 2.37. The first-order valence-electron chi connectivity index (χ1n) is 9.37. The van der Waals surface area contributed by atoms with Crippen molar-refractivity contribution >= 4 is 0 Å². The molecule has 2 aliphatic carbocycles. The quantitative estimate of drug-likeness (QED) is 0.782. The molecule has 0 bridgehead atoms. The monoisotopic (exact) mass is 295 g/mol. The largest absolute Gasteiger partial charge is 0.373 e. The van der Waals surface area contributed by atoms with E-state index in [1.807, 2.05) is 0 Å². The molecule has 0 amide bonds. The van der Waals surface area contributed by atoms with Gasteiger partial charge >= 0.3 is 0 Å². The highest BCUT2D eigenvalue weighted by atomic mass is 16.5. The predicted molar refractivity (Wildman–Crippen MR) is 90.3 cm³/mol. The molecule has 5 atom stereocenters. The summed E-state index contributed by atoms with van der Waals surface area (Å²) in [5.41, 5.74) is 6.82.